The minimum atomic E-state index is -3.98. The van der Waals surface area contributed by atoms with Crippen LogP contribution in [-0.4, -0.2) is 24.5 Å². The molecule has 0 amide bonds. The number of aromatic nitrogens is 1. The van der Waals surface area contributed by atoms with Crippen molar-refractivity contribution in [3.05, 3.63) is 59.7 Å². The standard InChI is InChI=1S/C13H10FNO4S/c14-11-4-3-10(13(16)17)6-12(11)20(18,19)8-9-2-1-5-15-7-9/h1-7H,8H2,(H,16,17). The predicted octanol–water partition coefficient (Wildman–Crippen LogP) is 1.89. The molecular weight excluding hydrogens is 285 g/mol. The smallest absolute Gasteiger partial charge is 0.335 e. The molecular formula is C13H10FNO4S. The van der Waals surface area contributed by atoms with Crippen LogP contribution in [0, 0.1) is 5.82 Å². The largest absolute Gasteiger partial charge is 0.478 e. The Morgan fingerprint density at radius 2 is 2.05 bits per heavy atom. The lowest BCUT2D eigenvalue weighted by atomic mass is 10.2. The summed E-state index contributed by atoms with van der Waals surface area (Å²) in [6, 6.07) is 5.78. The number of pyridine rings is 1. The molecule has 2 aromatic rings. The number of hydrogen-bond acceptors (Lipinski definition) is 4. The number of benzene rings is 1. The van der Waals surface area contributed by atoms with Gasteiger partial charge in [-0.25, -0.2) is 17.6 Å². The highest BCUT2D eigenvalue weighted by Gasteiger charge is 2.21. The van der Waals surface area contributed by atoms with E-state index in [1.54, 1.807) is 12.1 Å². The van der Waals surface area contributed by atoms with Crippen LogP contribution in [-0.2, 0) is 15.6 Å². The Bertz CT molecular complexity index is 744. The fourth-order valence-corrected chi connectivity index (χ4v) is 3.09. The molecule has 0 radical (unpaired) electrons. The van der Waals surface area contributed by atoms with Crippen LogP contribution in [0.1, 0.15) is 15.9 Å². The van der Waals surface area contributed by atoms with Crippen LogP contribution in [0.5, 0.6) is 0 Å². The second kappa shape index (κ2) is 5.38. The summed E-state index contributed by atoms with van der Waals surface area (Å²) in [6.07, 6.45) is 2.85. The van der Waals surface area contributed by atoms with Crippen LogP contribution >= 0.6 is 0 Å². The first-order chi connectivity index (χ1) is 9.40. The minimum Gasteiger partial charge on any atom is -0.478 e. The average Bonchev–Trinajstić information content (AvgIpc) is 2.39. The molecule has 0 atom stereocenters. The molecule has 0 aliphatic heterocycles. The number of aromatic carboxylic acids is 1. The van der Waals surface area contributed by atoms with Crippen molar-refractivity contribution in [3.63, 3.8) is 0 Å². The van der Waals surface area contributed by atoms with Crippen molar-refractivity contribution in [1.29, 1.82) is 0 Å². The first-order valence-corrected chi connectivity index (χ1v) is 7.20. The monoisotopic (exact) mass is 295 g/mol. The molecule has 0 saturated heterocycles. The zero-order chi connectivity index (χ0) is 14.8. The average molecular weight is 295 g/mol. The van der Waals surface area contributed by atoms with Crippen molar-refractivity contribution < 1.29 is 22.7 Å². The third-order valence-electron chi connectivity index (χ3n) is 2.59. The maximum atomic E-state index is 13.6. The van der Waals surface area contributed by atoms with E-state index in [4.69, 9.17) is 5.11 Å². The van der Waals surface area contributed by atoms with Gasteiger partial charge in [-0.05, 0) is 29.8 Å². The summed E-state index contributed by atoms with van der Waals surface area (Å²) in [6.45, 7) is 0. The van der Waals surface area contributed by atoms with Gasteiger partial charge in [-0.15, -0.1) is 0 Å². The van der Waals surface area contributed by atoms with Gasteiger partial charge in [0.05, 0.1) is 11.3 Å². The van der Waals surface area contributed by atoms with Crippen molar-refractivity contribution >= 4 is 15.8 Å². The summed E-state index contributed by atoms with van der Waals surface area (Å²) < 4.78 is 37.9. The molecule has 0 saturated carbocycles. The third kappa shape index (κ3) is 3.00. The summed E-state index contributed by atoms with van der Waals surface area (Å²) in [5.41, 5.74) is 0.115. The lowest BCUT2D eigenvalue weighted by molar-refractivity contribution is 0.0696. The highest BCUT2D eigenvalue weighted by molar-refractivity contribution is 7.90. The Morgan fingerprint density at radius 3 is 2.65 bits per heavy atom. The Labute approximate surface area is 114 Å². The van der Waals surface area contributed by atoms with Crippen molar-refractivity contribution in [2.75, 3.05) is 0 Å². The second-order valence-electron chi connectivity index (χ2n) is 4.07. The maximum absolute atomic E-state index is 13.6. The number of carboxylic acid groups (broad SMARTS) is 1. The van der Waals surface area contributed by atoms with Gasteiger partial charge in [0, 0.05) is 12.4 Å². The van der Waals surface area contributed by atoms with E-state index in [0.717, 1.165) is 18.2 Å². The number of halogens is 1. The normalized spacial score (nSPS) is 11.2. The Kier molecular flexibility index (Phi) is 3.80. The lowest BCUT2D eigenvalue weighted by Gasteiger charge is -2.06. The van der Waals surface area contributed by atoms with E-state index in [-0.39, 0.29) is 5.56 Å². The predicted molar refractivity (Wildman–Crippen MR) is 68.5 cm³/mol. The minimum absolute atomic E-state index is 0.281. The molecule has 0 unspecified atom stereocenters. The van der Waals surface area contributed by atoms with Crippen LogP contribution in [0.2, 0.25) is 0 Å². The molecule has 1 heterocycles. The topological polar surface area (TPSA) is 84.3 Å². The van der Waals surface area contributed by atoms with Gasteiger partial charge in [0.1, 0.15) is 10.7 Å². The first-order valence-electron chi connectivity index (χ1n) is 5.54. The number of sulfone groups is 1. The van der Waals surface area contributed by atoms with Crippen LogP contribution < -0.4 is 0 Å². The highest BCUT2D eigenvalue weighted by atomic mass is 32.2. The Hall–Kier alpha value is -2.28. The number of nitrogens with zero attached hydrogens (tertiary/aromatic N) is 1. The zero-order valence-electron chi connectivity index (χ0n) is 10.2. The molecule has 1 N–H and O–H groups in total. The van der Waals surface area contributed by atoms with Crippen molar-refractivity contribution in [2.45, 2.75) is 10.6 Å². The molecule has 0 aliphatic carbocycles. The van der Waals surface area contributed by atoms with Gasteiger partial charge in [0.15, 0.2) is 9.84 Å². The molecule has 0 aliphatic rings. The molecule has 0 spiro atoms. The summed E-state index contributed by atoms with van der Waals surface area (Å²) >= 11 is 0. The third-order valence-corrected chi connectivity index (χ3v) is 4.29. The van der Waals surface area contributed by atoms with Gasteiger partial charge in [0.2, 0.25) is 0 Å². The number of carbonyl (C=O) groups is 1. The van der Waals surface area contributed by atoms with E-state index >= 15 is 0 Å². The maximum Gasteiger partial charge on any atom is 0.335 e. The van der Waals surface area contributed by atoms with E-state index in [2.05, 4.69) is 4.98 Å². The van der Waals surface area contributed by atoms with Gasteiger partial charge in [0.25, 0.3) is 0 Å². The fraction of sp³-hybridized carbons (Fsp3) is 0.0769. The number of carboxylic acids is 1. The van der Waals surface area contributed by atoms with Gasteiger partial charge >= 0.3 is 5.97 Å². The molecule has 0 fully saturated rings. The van der Waals surface area contributed by atoms with Gasteiger partial charge < -0.3 is 5.11 Å². The summed E-state index contributed by atoms with van der Waals surface area (Å²) in [5, 5.41) is 8.83. The zero-order valence-corrected chi connectivity index (χ0v) is 11.0. The van der Waals surface area contributed by atoms with Crippen molar-refractivity contribution in [3.8, 4) is 0 Å². The molecule has 5 nitrogen and oxygen atoms in total. The summed E-state index contributed by atoms with van der Waals surface area (Å²) in [5.74, 6) is -2.73. The Balaban J connectivity index is 2.44. The van der Waals surface area contributed by atoms with E-state index in [1.807, 2.05) is 0 Å². The van der Waals surface area contributed by atoms with Crippen LogP contribution in [0.25, 0.3) is 0 Å². The first kappa shape index (κ1) is 14.1. The molecule has 20 heavy (non-hydrogen) atoms. The van der Waals surface area contributed by atoms with E-state index in [0.29, 0.717) is 5.56 Å². The molecule has 2 rings (SSSR count). The van der Waals surface area contributed by atoms with E-state index in [1.165, 1.54) is 12.4 Å². The van der Waals surface area contributed by atoms with Crippen LogP contribution in [0.15, 0.2) is 47.6 Å². The van der Waals surface area contributed by atoms with Crippen molar-refractivity contribution in [2.24, 2.45) is 0 Å². The SMILES string of the molecule is O=C(O)c1ccc(F)c(S(=O)(=O)Cc2cccnc2)c1. The van der Waals surface area contributed by atoms with Crippen LogP contribution in [0.3, 0.4) is 0 Å². The summed E-state index contributed by atoms with van der Waals surface area (Å²) in [4.78, 5) is 14.0. The number of hydrogen-bond donors (Lipinski definition) is 1. The van der Waals surface area contributed by atoms with Crippen molar-refractivity contribution in [1.82, 2.24) is 4.98 Å². The van der Waals surface area contributed by atoms with Crippen LogP contribution in [0.4, 0.5) is 4.39 Å². The molecule has 7 heteroatoms. The van der Waals surface area contributed by atoms with E-state index in [9.17, 15) is 17.6 Å². The molecule has 1 aromatic carbocycles. The lowest BCUT2D eigenvalue weighted by Crippen LogP contribution is -2.09. The van der Waals surface area contributed by atoms with Gasteiger partial charge in [-0.2, -0.15) is 0 Å². The highest BCUT2D eigenvalue weighted by Crippen LogP contribution is 2.21. The van der Waals surface area contributed by atoms with Gasteiger partial charge in [-0.1, -0.05) is 6.07 Å². The number of rotatable bonds is 4. The molecule has 1 aromatic heterocycles. The fourth-order valence-electron chi connectivity index (χ4n) is 1.66. The van der Waals surface area contributed by atoms with E-state index < -0.39 is 32.3 Å². The summed E-state index contributed by atoms with van der Waals surface area (Å²) in [7, 11) is -3.98. The molecule has 0 bridgehead atoms. The second-order valence-corrected chi connectivity index (χ2v) is 6.03. The quantitative estimate of drug-likeness (QED) is 0.931. The molecule has 104 valence electrons. The van der Waals surface area contributed by atoms with Gasteiger partial charge in [-0.3, -0.25) is 4.98 Å². The Morgan fingerprint density at radius 1 is 1.30 bits per heavy atom.